The highest BCUT2D eigenvalue weighted by atomic mass is 79.9. The Labute approximate surface area is 133 Å². The minimum atomic E-state index is 0.337. The Morgan fingerprint density at radius 3 is 2.70 bits per heavy atom. The van der Waals surface area contributed by atoms with Gasteiger partial charge in [0.05, 0.1) is 7.11 Å². The Balaban J connectivity index is 2.21. The van der Waals surface area contributed by atoms with Gasteiger partial charge in [0, 0.05) is 20.3 Å². The van der Waals surface area contributed by atoms with Gasteiger partial charge in [-0.1, -0.05) is 22.9 Å². The predicted molar refractivity (Wildman–Crippen MR) is 89.9 cm³/mol. The highest BCUT2D eigenvalue weighted by Gasteiger charge is 2.14. The zero-order valence-electron chi connectivity index (χ0n) is 12.1. The molecule has 2 rings (SSSR count). The highest BCUT2D eigenvalue weighted by molar-refractivity contribution is 9.10. The van der Waals surface area contributed by atoms with Crippen molar-refractivity contribution in [1.29, 1.82) is 0 Å². The van der Waals surface area contributed by atoms with Gasteiger partial charge in [-0.05, 0) is 55.8 Å². The first kappa shape index (κ1) is 15.5. The monoisotopic (exact) mass is 353 g/mol. The van der Waals surface area contributed by atoms with Gasteiger partial charge < -0.3 is 10.1 Å². The van der Waals surface area contributed by atoms with Crippen molar-refractivity contribution in [2.75, 3.05) is 14.2 Å². The number of hydrogen-bond acceptors (Lipinski definition) is 3. The summed E-state index contributed by atoms with van der Waals surface area (Å²) in [7, 11) is 3.72. The van der Waals surface area contributed by atoms with Crippen LogP contribution in [-0.4, -0.2) is 14.2 Å². The summed E-state index contributed by atoms with van der Waals surface area (Å²) in [6.45, 7) is 2.20. The summed E-state index contributed by atoms with van der Waals surface area (Å²) in [6.07, 6.45) is 2.04. The van der Waals surface area contributed by atoms with Crippen LogP contribution in [0.4, 0.5) is 0 Å². The molecule has 0 aliphatic heterocycles. The van der Waals surface area contributed by atoms with E-state index in [9.17, 15) is 0 Å². The van der Waals surface area contributed by atoms with E-state index in [1.54, 1.807) is 7.11 Å². The molecule has 0 spiro atoms. The molecule has 0 radical (unpaired) electrons. The number of ether oxygens (including phenoxy) is 1. The quantitative estimate of drug-likeness (QED) is 0.820. The molecule has 0 fully saturated rings. The van der Waals surface area contributed by atoms with Crippen LogP contribution in [0.25, 0.3) is 0 Å². The molecule has 0 saturated heterocycles. The van der Waals surface area contributed by atoms with E-state index in [-0.39, 0.29) is 0 Å². The maximum absolute atomic E-state index is 5.31. The second kappa shape index (κ2) is 7.25. The molecule has 4 heteroatoms. The van der Waals surface area contributed by atoms with Gasteiger partial charge in [0.25, 0.3) is 0 Å². The van der Waals surface area contributed by atoms with Crippen molar-refractivity contribution in [3.8, 4) is 5.75 Å². The van der Waals surface area contributed by atoms with Crippen molar-refractivity contribution >= 4 is 27.3 Å². The molecule has 108 valence electrons. The largest absolute Gasteiger partial charge is 0.497 e. The number of benzene rings is 1. The van der Waals surface area contributed by atoms with Crippen molar-refractivity contribution in [1.82, 2.24) is 5.32 Å². The topological polar surface area (TPSA) is 21.3 Å². The van der Waals surface area contributed by atoms with Gasteiger partial charge >= 0.3 is 0 Å². The van der Waals surface area contributed by atoms with Crippen molar-refractivity contribution in [3.63, 3.8) is 0 Å². The first-order chi connectivity index (χ1) is 9.67. The molecular formula is C16H20BrNOS. The van der Waals surface area contributed by atoms with E-state index in [1.165, 1.54) is 15.3 Å². The zero-order chi connectivity index (χ0) is 14.5. The molecule has 0 aliphatic rings. The molecule has 2 aromatic rings. The van der Waals surface area contributed by atoms with E-state index in [1.807, 2.05) is 30.5 Å². The van der Waals surface area contributed by atoms with Crippen LogP contribution in [0.15, 0.2) is 34.8 Å². The van der Waals surface area contributed by atoms with Crippen molar-refractivity contribution in [2.45, 2.75) is 25.8 Å². The maximum atomic E-state index is 5.31. The Morgan fingerprint density at radius 2 is 2.10 bits per heavy atom. The molecule has 20 heavy (non-hydrogen) atoms. The summed E-state index contributed by atoms with van der Waals surface area (Å²) in [4.78, 5) is 2.82. The van der Waals surface area contributed by atoms with Crippen LogP contribution < -0.4 is 10.1 Å². The SMILES string of the molecule is CCc1ccc(C(Cc2cc(OC)ccc2Br)NC)s1. The average Bonchev–Trinajstić information content (AvgIpc) is 2.95. The fraction of sp³-hybridized carbons (Fsp3) is 0.375. The summed E-state index contributed by atoms with van der Waals surface area (Å²) in [6, 6.07) is 10.9. The number of hydrogen-bond donors (Lipinski definition) is 1. The van der Waals surface area contributed by atoms with Gasteiger partial charge in [-0.15, -0.1) is 11.3 Å². The third kappa shape index (κ3) is 3.62. The van der Waals surface area contributed by atoms with E-state index >= 15 is 0 Å². The Morgan fingerprint density at radius 1 is 1.30 bits per heavy atom. The standard InChI is InChI=1S/C16H20BrNOS/c1-4-13-6-8-16(20-13)15(18-2)10-11-9-12(19-3)5-7-14(11)17/h5-9,15,18H,4,10H2,1-3H3. The predicted octanol–water partition coefficient (Wildman–Crippen LogP) is 4.58. The smallest absolute Gasteiger partial charge is 0.119 e. The van der Waals surface area contributed by atoms with Gasteiger partial charge in [-0.2, -0.15) is 0 Å². The highest BCUT2D eigenvalue weighted by Crippen LogP contribution is 2.30. The normalized spacial score (nSPS) is 12.4. The lowest BCUT2D eigenvalue weighted by Crippen LogP contribution is -2.17. The average molecular weight is 354 g/mol. The molecule has 0 bridgehead atoms. The minimum Gasteiger partial charge on any atom is -0.497 e. The van der Waals surface area contributed by atoms with Crippen LogP contribution in [0, 0.1) is 0 Å². The number of nitrogens with one attached hydrogen (secondary N) is 1. The zero-order valence-corrected chi connectivity index (χ0v) is 14.5. The summed E-state index contributed by atoms with van der Waals surface area (Å²) in [5, 5.41) is 3.42. The number of likely N-dealkylation sites (N-methyl/N-ethyl adjacent to an activating group) is 1. The summed E-state index contributed by atoms with van der Waals surface area (Å²) < 4.78 is 6.44. The van der Waals surface area contributed by atoms with Crippen LogP contribution in [0.3, 0.4) is 0 Å². The van der Waals surface area contributed by atoms with Crippen molar-refractivity contribution in [3.05, 3.63) is 50.1 Å². The lowest BCUT2D eigenvalue weighted by Gasteiger charge is -2.16. The van der Waals surface area contributed by atoms with Crippen molar-refractivity contribution in [2.24, 2.45) is 0 Å². The first-order valence-electron chi connectivity index (χ1n) is 6.76. The molecule has 1 heterocycles. The number of halogens is 1. The number of thiophene rings is 1. The molecule has 0 aliphatic carbocycles. The molecule has 1 unspecified atom stereocenters. The second-order valence-electron chi connectivity index (χ2n) is 4.66. The fourth-order valence-corrected chi connectivity index (χ4v) is 3.64. The molecule has 2 nitrogen and oxygen atoms in total. The van der Waals surface area contributed by atoms with Crippen LogP contribution in [0.2, 0.25) is 0 Å². The molecular weight excluding hydrogens is 334 g/mol. The lowest BCUT2D eigenvalue weighted by molar-refractivity contribution is 0.414. The third-order valence-electron chi connectivity index (χ3n) is 3.40. The maximum Gasteiger partial charge on any atom is 0.119 e. The van der Waals surface area contributed by atoms with Crippen LogP contribution >= 0.6 is 27.3 Å². The molecule has 1 N–H and O–H groups in total. The van der Waals surface area contributed by atoms with Gasteiger partial charge in [-0.3, -0.25) is 0 Å². The van der Waals surface area contributed by atoms with E-state index < -0.39 is 0 Å². The summed E-state index contributed by atoms with van der Waals surface area (Å²) >= 11 is 5.52. The fourth-order valence-electron chi connectivity index (χ4n) is 2.17. The Hall–Kier alpha value is -0.840. The van der Waals surface area contributed by atoms with E-state index in [4.69, 9.17) is 4.74 Å². The molecule has 0 amide bonds. The van der Waals surface area contributed by atoms with Crippen LogP contribution in [-0.2, 0) is 12.8 Å². The van der Waals surface area contributed by atoms with E-state index in [0.29, 0.717) is 6.04 Å². The lowest BCUT2D eigenvalue weighted by atomic mass is 10.0. The number of aryl methyl sites for hydroxylation is 1. The first-order valence-corrected chi connectivity index (χ1v) is 8.37. The van der Waals surface area contributed by atoms with Crippen LogP contribution in [0.5, 0.6) is 5.75 Å². The van der Waals surface area contributed by atoms with Gasteiger partial charge in [0.1, 0.15) is 5.75 Å². The van der Waals surface area contributed by atoms with Crippen molar-refractivity contribution < 1.29 is 4.74 Å². The molecule has 1 aromatic carbocycles. The number of rotatable bonds is 6. The van der Waals surface area contributed by atoms with E-state index in [2.05, 4.69) is 46.4 Å². The third-order valence-corrected chi connectivity index (χ3v) is 5.52. The van der Waals surface area contributed by atoms with Gasteiger partial charge in [-0.25, -0.2) is 0 Å². The molecule has 1 atom stereocenters. The summed E-state index contributed by atoms with van der Waals surface area (Å²) in [5.74, 6) is 0.901. The van der Waals surface area contributed by atoms with Gasteiger partial charge in [0.15, 0.2) is 0 Å². The summed E-state index contributed by atoms with van der Waals surface area (Å²) in [5.41, 5.74) is 1.26. The second-order valence-corrected chi connectivity index (χ2v) is 6.71. The van der Waals surface area contributed by atoms with Crippen LogP contribution in [0.1, 0.15) is 28.3 Å². The molecule has 0 saturated carbocycles. The molecule has 1 aromatic heterocycles. The Kier molecular flexibility index (Phi) is 5.64. The Bertz CT molecular complexity index is 567. The van der Waals surface area contributed by atoms with Gasteiger partial charge in [0.2, 0.25) is 0 Å². The number of methoxy groups -OCH3 is 1. The minimum absolute atomic E-state index is 0.337. The van der Waals surface area contributed by atoms with E-state index in [0.717, 1.165) is 23.1 Å².